The fraction of sp³-hybridized carbons (Fsp3) is 0.643. The van der Waals surface area contributed by atoms with Crippen LogP contribution in [-0.4, -0.2) is 47.4 Å². The van der Waals surface area contributed by atoms with Gasteiger partial charge in [0.25, 0.3) is 0 Å². The molecule has 1 saturated heterocycles. The molecule has 2 N–H and O–H groups in total. The molecule has 2 unspecified atom stereocenters. The first-order valence-electron chi connectivity index (χ1n) is 6.65. The fourth-order valence-electron chi connectivity index (χ4n) is 2.93. The van der Waals surface area contributed by atoms with Gasteiger partial charge in [0.15, 0.2) is 0 Å². The van der Waals surface area contributed by atoms with E-state index in [1.54, 1.807) is 11.3 Å². The van der Waals surface area contributed by atoms with Gasteiger partial charge in [-0.3, -0.25) is 9.69 Å². The van der Waals surface area contributed by atoms with E-state index >= 15 is 0 Å². The van der Waals surface area contributed by atoms with E-state index in [4.69, 9.17) is 5.73 Å². The summed E-state index contributed by atoms with van der Waals surface area (Å²) in [6.45, 7) is 7.62. The number of hydrogen-bond acceptors (Lipinski definition) is 4. The summed E-state index contributed by atoms with van der Waals surface area (Å²) in [6.07, 6.45) is 0. The Labute approximate surface area is 119 Å². The lowest BCUT2D eigenvalue weighted by atomic mass is 9.91. The number of rotatable bonds is 3. The van der Waals surface area contributed by atoms with Gasteiger partial charge < -0.3 is 10.6 Å². The zero-order chi connectivity index (χ0) is 14.2. The maximum atomic E-state index is 12.4. The lowest BCUT2D eigenvalue weighted by molar-refractivity contribution is -0.150. The second-order valence-electron chi connectivity index (χ2n) is 5.84. The summed E-state index contributed by atoms with van der Waals surface area (Å²) < 4.78 is 0. The molecule has 1 aliphatic rings. The minimum absolute atomic E-state index is 0.00918. The standard InChI is InChI=1S/C14H23N3OS/c1-10(15)12(11-5-8-19-9-11)17-7-6-16(4)13(18)14(17,2)3/h5,8-10,12H,6-7,15H2,1-4H3. The molecule has 0 saturated carbocycles. The third-order valence-electron chi connectivity index (χ3n) is 3.98. The van der Waals surface area contributed by atoms with Crippen molar-refractivity contribution < 1.29 is 4.79 Å². The number of thiophene rings is 1. The second kappa shape index (κ2) is 5.23. The molecule has 1 aromatic heterocycles. The maximum absolute atomic E-state index is 12.4. The summed E-state index contributed by atoms with van der Waals surface area (Å²) in [5, 5.41) is 4.20. The van der Waals surface area contributed by atoms with Gasteiger partial charge in [-0.05, 0) is 43.2 Å². The third kappa shape index (κ3) is 2.55. The average Bonchev–Trinajstić information content (AvgIpc) is 2.83. The van der Waals surface area contributed by atoms with Crippen molar-refractivity contribution in [3.8, 4) is 0 Å². The first-order chi connectivity index (χ1) is 8.85. The van der Waals surface area contributed by atoms with Crippen LogP contribution in [-0.2, 0) is 4.79 Å². The molecule has 2 rings (SSSR count). The van der Waals surface area contributed by atoms with Crippen LogP contribution in [0, 0.1) is 0 Å². The highest BCUT2D eigenvalue weighted by Crippen LogP contribution is 2.34. The summed E-state index contributed by atoms with van der Waals surface area (Å²) in [5.74, 6) is 0.166. The number of carbonyl (C=O) groups is 1. The molecule has 0 radical (unpaired) electrons. The molecule has 1 amide bonds. The SMILES string of the molecule is CC(N)C(c1ccsc1)N1CCN(C)C(=O)C1(C)C. The van der Waals surface area contributed by atoms with Crippen molar-refractivity contribution in [2.45, 2.75) is 38.4 Å². The number of amides is 1. The average molecular weight is 281 g/mol. The molecule has 19 heavy (non-hydrogen) atoms. The Morgan fingerprint density at radius 3 is 2.63 bits per heavy atom. The van der Waals surface area contributed by atoms with Gasteiger partial charge in [0.05, 0.1) is 11.6 Å². The Balaban J connectivity index is 2.35. The molecule has 1 aliphatic heterocycles. The molecular weight excluding hydrogens is 258 g/mol. The van der Waals surface area contributed by atoms with Crippen molar-refractivity contribution in [3.63, 3.8) is 0 Å². The van der Waals surface area contributed by atoms with E-state index in [9.17, 15) is 4.79 Å². The van der Waals surface area contributed by atoms with Crippen LogP contribution in [0.3, 0.4) is 0 Å². The Hall–Kier alpha value is -0.910. The number of hydrogen-bond donors (Lipinski definition) is 1. The highest BCUT2D eigenvalue weighted by atomic mass is 32.1. The summed E-state index contributed by atoms with van der Waals surface area (Å²) in [4.78, 5) is 16.5. The molecule has 1 fully saturated rings. The van der Waals surface area contributed by atoms with E-state index in [0.29, 0.717) is 0 Å². The number of nitrogens with two attached hydrogens (primary N) is 1. The number of piperazine rings is 1. The Kier molecular flexibility index (Phi) is 3.99. The molecule has 4 nitrogen and oxygen atoms in total. The summed E-state index contributed by atoms with van der Waals surface area (Å²) >= 11 is 1.67. The predicted molar refractivity (Wildman–Crippen MR) is 79.1 cm³/mol. The van der Waals surface area contributed by atoms with E-state index < -0.39 is 5.54 Å². The van der Waals surface area contributed by atoms with Crippen molar-refractivity contribution in [2.75, 3.05) is 20.1 Å². The smallest absolute Gasteiger partial charge is 0.242 e. The molecule has 0 aromatic carbocycles. The summed E-state index contributed by atoms with van der Waals surface area (Å²) in [7, 11) is 1.87. The van der Waals surface area contributed by atoms with Crippen molar-refractivity contribution in [1.29, 1.82) is 0 Å². The zero-order valence-electron chi connectivity index (χ0n) is 12.1. The summed E-state index contributed by atoms with van der Waals surface area (Å²) in [5.41, 5.74) is 6.90. The van der Waals surface area contributed by atoms with E-state index in [-0.39, 0.29) is 18.0 Å². The Morgan fingerprint density at radius 2 is 2.11 bits per heavy atom. The lowest BCUT2D eigenvalue weighted by Crippen LogP contribution is -2.64. The number of likely N-dealkylation sites (N-methyl/N-ethyl adjacent to an activating group) is 1. The highest BCUT2D eigenvalue weighted by molar-refractivity contribution is 7.07. The van der Waals surface area contributed by atoms with E-state index in [1.165, 1.54) is 5.56 Å². The number of nitrogens with zero attached hydrogens (tertiary/aromatic N) is 2. The molecule has 5 heteroatoms. The second-order valence-corrected chi connectivity index (χ2v) is 6.62. The van der Waals surface area contributed by atoms with Gasteiger partial charge in [0, 0.05) is 26.2 Å². The van der Waals surface area contributed by atoms with Crippen molar-refractivity contribution >= 4 is 17.2 Å². The van der Waals surface area contributed by atoms with Crippen LogP contribution in [0.4, 0.5) is 0 Å². The molecule has 0 bridgehead atoms. The predicted octanol–water partition coefficient (Wildman–Crippen LogP) is 1.69. The zero-order valence-corrected chi connectivity index (χ0v) is 12.9. The minimum atomic E-state index is -0.507. The van der Waals surface area contributed by atoms with Crippen molar-refractivity contribution in [3.05, 3.63) is 22.4 Å². The molecule has 0 aliphatic carbocycles. The Morgan fingerprint density at radius 1 is 1.42 bits per heavy atom. The topological polar surface area (TPSA) is 49.6 Å². The van der Waals surface area contributed by atoms with Crippen LogP contribution >= 0.6 is 11.3 Å². The van der Waals surface area contributed by atoms with Gasteiger partial charge in [-0.25, -0.2) is 0 Å². The Bertz CT molecular complexity index is 442. The van der Waals surface area contributed by atoms with Crippen LogP contribution in [0.5, 0.6) is 0 Å². The van der Waals surface area contributed by atoms with E-state index in [2.05, 4.69) is 21.7 Å². The van der Waals surface area contributed by atoms with Crippen LogP contribution < -0.4 is 5.73 Å². The quantitative estimate of drug-likeness (QED) is 0.917. The van der Waals surface area contributed by atoms with Gasteiger partial charge in [0.2, 0.25) is 5.91 Å². The maximum Gasteiger partial charge on any atom is 0.242 e. The first-order valence-corrected chi connectivity index (χ1v) is 7.60. The molecule has 2 atom stereocenters. The molecule has 2 heterocycles. The van der Waals surface area contributed by atoms with Crippen LogP contribution in [0.2, 0.25) is 0 Å². The van der Waals surface area contributed by atoms with Crippen LogP contribution in [0.15, 0.2) is 16.8 Å². The van der Waals surface area contributed by atoms with Gasteiger partial charge in [-0.1, -0.05) is 0 Å². The van der Waals surface area contributed by atoms with Crippen molar-refractivity contribution in [1.82, 2.24) is 9.80 Å². The molecule has 0 spiro atoms. The highest BCUT2D eigenvalue weighted by Gasteiger charge is 2.44. The van der Waals surface area contributed by atoms with E-state index in [1.807, 2.05) is 32.7 Å². The van der Waals surface area contributed by atoms with Crippen LogP contribution in [0.1, 0.15) is 32.4 Å². The van der Waals surface area contributed by atoms with E-state index in [0.717, 1.165) is 13.1 Å². The minimum Gasteiger partial charge on any atom is -0.343 e. The monoisotopic (exact) mass is 281 g/mol. The fourth-order valence-corrected chi connectivity index (χ4v) is 3.62. The normalized spacial score (nSPS) is 23.4. The van der Waals surface area contributed by atoms with Gasteiger partial charge in [0.1, 0.15) is 0 Å². The molecule has 106 valence electrons. The third-order valence-corrected chi connectivity index (χ3v) is 4.68. The van der Waals surface area contributed by atoms with Crippen LogP contribution in [0.25, 0.3) is 0 Å². The first kappa shape index (κ1) is 14.5. The van der Waals surface area contributed by atoms with Crippen molar-refractivity contribution in [2.24, 2.45) is 5.73 Å². The molecular formula is C14H23N3OS. The largest absolute Gasteiger partial charge is 0.343 e. The number of carbonyl (C=O) groups excluding carboxylic acids is 1. The van der Waals surface area contributed by atoms with Gasteiger partial charge in [-0.15, -0.1) is 0 Å². The summed E-state index contributed by atoms with van der Waals surface area (Å²) in [6, 6.07) is 2.20. The van der Waals surface area contributed by atoms with Gasteiger partial charge in [-0.2, -0.15) is 11.3 Å². The molecule has 1 aromatic rings. The lowest BCUT2D eigenvalue weighted by Gasteiger charge is -2.49. The van der Waals surface area contributed by atoms with Gasteiger partial charge >= 0.3 is 0 Å².